The maximum Gasteiger partial charge on any atom is 0.203 e. The number of aryl methyl sites for hydroxylation is 1. The topological polar surface area (TPSA) is 43.1 Å². The Morgan fingerprint density at radius 3 is 2.92 bits per heavy atom. The Morgan fingerprint density at radius 1 is 1.50 bits per heavy atom. The lowest BCUT2D eigenvalue weighted by Gasteiger charge is -1.94. The zero-order valence-corrected chi connectivity index (χ0v) is 7.55. The molecule has 0 aliphatic heterocycles. The zero-order chi connectivity index (χ0) is 8.81. The summed E-state index contributed by atoms with van der Waals surface area (Å²) in [6, 6.07) is 2.07. The monoisotopic (exact) mass is 185 g/mol. The molecule has 1 rings (SSSR count). The number of unbranched alkanes of at least 4 members (excludes halogenated alkanes) is 1. The van der Waals surface area contributed by atoms with Gasteiger partial charge in [-0.1, -0.05) is 0 Å². The van der Waals surface area contributed by atoms with E-state index >= 15 is 0 Å². The van der Waals surface area contributed by atoms with Crippen LogP contribution in [0.2, 0.25) is 0 Å². The number of rotatable bonds is 5. The lowest BCUT2D eigenvalue weighted by molar-refractivity contribution is -0.480. The summed E-state index contributed by atoms with van der Waals surface area (Å²) in [6.07, 6.45) is 2.57. The SMILES string of the molecule is O=[N+]([O-])CCCCc1ccsc1. The Labute approximate surface area is 75.2 Å². The van der Waals surface area contributed by atoms with Crippen molar-refractivity contribution in [1.29, 1.82) is 0 Å². The summed E-state index contributed by atoms with van der Waals surface area (Å²) in [4.78, 5) is 9.71. The van der Waals surface area contributed by atoms with Gasteiger partial charge in [0.2, 0.25) is 6.54 Å². The highest BCUT2D eigenvalue weighted by Gasteiger charge is 1.97. The third-order valence-corrected chi connectivity index (χ3v) is 2.37. The molecule has 0 saturated carbocycles. The molecular weight excluding hydrogens is 174 g/mol. The van der Waals surface area contributed by atoms with Gasteiger partial charge >= 0.3 is 0 Å². The van der Waals surface area contributed by atoms with Crippen LogP contribution in [-0.4, -0.2) is 11.5 Å². The van der Waals surface area contributed by atoms with Crippen molar-refractivity contribution in [3.05, 3.63) is 32.5 Å². The number of nitro groups is 1. The van der Waals surface area contributed by atoms with Gasteiger partial charge in [-0.05, 0) is 35.2 Å². The van der Waals surface area contributed by atoms with Crippen LogP contribution in [0.25, 0.3) is 0 Å². The predicted molar refractivity (Wildman–Crippen MR) is 49.1 cm³/mol. The highest BCUT2D eigenvalue weighted by atomic mass is 32.1. The van der Waals surface area contributed by atoms with Crippen molar-refractivity contribution in [2.24, 2.45) is 0 Å². The largest absolute Gasteiger partial charge is 0.265 e. The second-order valence-electron chi connectivity index (χ2n) is 2.65. The van der Waals surface area contributed by atoms with E-state index < -0.39 is 0 Å². The van der Waals surface area contributed by atoms with Crippen LogP contribution < -0.4 is 0 Å². The summed E-state index contributed by atoms with van der Waals surface area (Å²) in [5.41, 5.74) is 1.29. The van der Waals surface area contributed by atoms with Crippen LogP contribution in [0.3, 0.4) is 0 Å². The van der Waals surface area contributed by atoms with E-state index in [9.17, 15) is 10.1 Å². The molecule has 0 atom stereocenters. The van der Waals surface area contributed by atoms with Crippen LogP contribution in [0, 0.1) is 10.1 Å². The third kappa shape index (κ3) is 3.48. The van der Waals surface area contributed by atoms with E-state index in [2.05, 4.69) is 11.4 Å². The quantitative estimate of drug-likeness (QED) is 0.401. The minimum Gasteiger partial charge on any atom is -0.265 e. The molecule has 0 spiro atoms. The van der Waals surface area contributed by atoms with Gasteiger partial charge in [0.1, 0.15) is 0 Å². The Kier molecular flexibility index (Phi) is 3.73. The molecule has 0 aliphatic rings. The molecular formula is C8H11NO2S. The molecule has 4 heteroatoms. The summed E-state index contributed by atoms with van der Waals surface area (Å²) >= 11 is 1.67. The molecule has 1 heterocycles. The molecule has 0 bridgehead atoms. The van der Waals surface area contributed by atoms with E-state index in [4.69, 9.17) is 0 Å². The first-order valence-corrected chi connectivity index (χ1v) is 4.86. The molecule has 0 unspecified atom stereocenters. The molecule has 0 saturated heterocycles. The summed E-state index contributed by atoms with van der Waals surface area (Å²) in [5.74, 6) is 0. The van der Waals surface area contributed by atoms with Crippen LogP contribution in [0.5, 0.6) is 0 Å². The van der Waals surface area contributed by atoms with Gasteiger partial charge in [-0.2, -0.15) is 11.3 Å². The van der Waals surface area contributed by atoms with Gasteiger partial charge in [0.05, 0.1) is 0 Å². The summed E-state index contributed by atoms with van der Waals surface area (Å²) in [5, 5.41) is 14.1. The zero-order valence-electron chi connectivity index (χ0n) is 6.73. The molecule has 0 aliphatic carbocycles. The molecule has 3 nitrogen and oxygen atoms in total. The van der Waals surface area contributed by atoms with Gasteiger partial charge in [-0.3, -0.25) is 10.1 Å². The standard InChI is InChI=1S/C8H11NO2S/c10-9(11)5-2-1-3-8-4-6-12-7-8/h4,6-7H,1-3,5H2. The van der Waals surface area contributed by atoms with Gasteiger partial charge < -0.3 is 0 Å². The average Bonchev–Trinajstić information content (AvgIpc) is 2.49. The van der Waals surface area contributed by atoms with Crippen molar-refractivity contribution in [3.63, 3.8) is 0 Å². The van der Waals surface area contributed by atoms with Crippen LogP contribution in [0.4, 0.5) is 0 Å². The first-order valence-electron chi connectivity index (χ1n) is 3.92. The fourth-order valence-corrected chi connectivity index (χ4v) is 1.71. The minimum absolute atomic E-state index is 0.101. The molecule has 1 aromatic heterocycles. The van der Waals surface area contributed by atoms with Crippen molar-refractivity contribution < 1.29 is 4.92 Å². The van der Waals surface area contributed by atoms with E-state index in [1.54, 1.807) is 11.3 Å². The third-order valence-electron chi connectivity index (χ3n) is 1.64. The van der Waals surface area contributed by atoms with E-state index in [0.717, 1.165) is 12.8 Å². The molecule has 0 aromatic carbocycles. The fourth-order valence-electron chi connectivity index (χ4n) is 1.00. The van der Waals surface area contributed by atoms with Crippen molar-refractivity contribution in [1.82, 2.24) is 0 Å². The first-order chi connectivity index (χ1) is 5.79. The van der Waals surface area contributed by atoms with Gasteiger partial charge in [0, 0.05) is 11.3 Å². The Bertz CT molecular complexity index is 233. The smallest absolute Gasteiger partial charge is 0.203 e. The first kappa shape index (κ1) is 9.19. The molecule has 12 heavy (non-hydrogen) atoms. The van der Waals surface area contributed by atoms with Crippen molar-refractivity contribution in [2.75, 3.05) is 6.54 Å². The van der Waals surface area contributed by atoms with Crippen molar-refractivity contribution in [3.8, 4) is 0 Å². The molecule has 1 aromatic rings. The van der Waals surface area contributed by atoms with E-state index in [0.29, 0.717) is 6.42 Å². The lowest BCUT2D eigenvalue weighted by Crippen LogP contribution is -2.00. The molecule has 0 fully saturated rings. The molecule has 0 N–H and O–H groups in total. The van der Waals surface area contributed by atoms with Crippen LogP contribution >= 0.6 is 11.3 Å². The number of hydrogen-bond donors (Lipinski definition) is 0. The van der Waals surface area contributed by atoms with Crippen molar-refractivity contribution in [2.45, 2.75) is 19.3 Å². The van der Waals surface area contributed by atoms with Gasteiger partial charge in [-0.25, -0.2) is 0 Å². The maximum atomic E-state index is 9.97. The second-order valence-corrected chi connectivity index (χ2v) is 3.43. The lowest BCUT2D eigenvalue weighted by atomic mass is 10.1. The Balaban J connectivity index is 2.07. The van der Waals surface area contributed by atoms with Gasteiger partial charge in [0.25, 0.3) is 0 Å². The second kappa shape index (κ2) is 4.87. The Hall–Kier alpha value is -0.900. The van der Waals surface area contributed by atoms with Gasteiger partial charge in [-0.15, -0.1) is 0 Å². The highest BCUT2D eigenvalue weighted by Crippen LogP contribution is 2.09. The summed E-state index contributed by atoms with van der Waals surface area (Å²) in [7, 11) is 0. The van der Waals surface area contributed by atoms with Crippen LogP contribution in [-0.2, 0) is 6.42 Å². The van der Waals surface area contributed by atoms with Crippen LogP contribution in [0.1, 0.15) is 18.4 Å². The van der Waals surface area contributed by atoms with Crippen LogP contribution in [0.15, 0.2) is 16.8 Å². The Morgan fingerprint density at radius 2 is 2.33 bits per heavy atom. The van der Waals surface area contributed by atoms with Gasteiger partial charge in [0.15, 0.2) is 0 Å². The number of thiophene rings is 1. The van der Waals surface area contributed by atoms with Crippen molar-refractivity contribution >= 4 is 11.3 Å². The maximum absolute atomic E-state index is 9.97. The number of nitrogens with zero attached hydrogens (tertiary/aromatic N) is 1. The predicted octanol–water partition coefficient (Wildman–Crippen LogP) is 2.35. The summed E-state index contributed by atoms with van der Waals surface area (Å²) in [6.45, 7) is 0.101. The minimum atomic E-state index is -0.256. The highest BCUT2D eigenvalue weighted by molar-refractivity contribution is 7.07. The molecule has 66 valence electrons. The molecule has 0 amide bonds. The fraction of sp³-hybridized carbons (Fsp3) is 0.500. The average molecular weight is 185 g/mol. The van der Waals surface area contributed by atoms with E-state index in [-0.39, 0.29) is 11.5 Å². The summed E-state index contributed by atoms with van der Waals surface area (Å²) < 4.78 is 0. The number of hydrogen-bond acceptors (Lipinski definition) is 3. The van der Waals surface area contributed by atoms with E-state index in [1.807, 2.05) is 5.38 Å². The molecule has 0 radical (unpaired) electrons. The van der Waals surface area contributed by atoms with E-state index in [1.165, 1.54) is 5.56 Å². The normalized spacial score (nSPS) is 10.0.